The number of methoxy groups -OCH3 is 2. The summed E-state index contributed by atoms with van der Waals surface area (Å²) in [7, 11) is 2.99. The molecule has 2 atom stereocenters. The molecular weight excluding hydrogens is 434 g/mol. The topological polar surface area (TPSA) is 145 Å². The summed E-state index contributed by atoms with van der Waals surface area (Å²) in [6.45, 7) is 5.64. The van der Waals surface area contributed by atoms with Crippen molar-refractivity contribution in [3.63, 3.8) is 0 Å². The second kappa shape index (κ2) is 9.00. The zero-order chi connectivity index (χ0) is 25.3. The fourth-order valence-electron chi connectivity index (χ4n) is 4.58. The highest BCUT2D eigenvalue weighted by Crippen LogP contribution is 2.56. The van der Waals surface area contributed by atoms with E-state index in [4.69, 9.17) is 19.9 Å². The second-order valence-electron chi connectivity index (χ2n) is 9.17. The summed E-state index contributed by atoms with van der Waals surface area (Å²) in [4.78, 5) is 14.4. The number of allylic oxidation sites excluding steroid dienone is 2. The molecule has 1 aliphatic heterocycles. The van der Waals surface area contributed by atoms with Gasteiger partial charge >= 0.3 is 6.09 Å². The number of carbonyl (C=O) groups is 1. The predicted molar refractivity (Wildman–Crippen MR) is 122 cm³/mol. The first-order valence-corrected chi connectivity index (χ1v) is 10.7. The van der Waals surface area contributed by atoms with E-state index in [0.29, 0.717) is 22.6 Å². The van der Waals surface area contributed by atoms with Crippen molar-refractivity contribution in [3.8, 4) is 29.7 Å². The van der Waals surface area contributed by atoms with Gasteiger partial charge in [0.2, 0.25) is 0 Å². The average molecular weight is 462 g/mol. The predicted octanol–water partition coefficient (Wildman–Crippen LogP) is 3.36. The van der Waals surface area contributed by atoms with Crippen LogP contribution < -0.4 is 15.2 Å². The average Bonchev–Trinajstić information content (AvgIpc) is 2.81. The van der Waals surface area contributed by atoms with Gasteiger partial charge in [-0.3, -0.25) is 0 Å². The first-order valence-electron chi connectivity index (χ1n) is 10.7. The summed E-state index contributed by atoms with van der Waals surface area (Å²) in [6.07, 6.45) is 1.21. The van der Waals surface area contributed by atoms with E-state index in [1.165, 1.54) is 19.1 Å². The standard InChI is InChI=1S/C25H27N5O4/c1-24(2,3)34-23(31)30-9-8-16-18(11-26)22(29)25(13-27,14-28)21(19(16)12-30)17-10-15(32-4)6-7-20(17)33-5/h6-8,10,19,21H,9,12,29H2,1-5H3/t19-,21-/m0/s1. The van der Waals surface area contributed by atoms with Crippen molar-refractivity contribution in [1.82, 2.24) is 4.90 Å². The van der Waals surface area contributed by atoms with Gasteiger partial charge in [0, 0.05) is 30.5 Å². The molecule has 176 valence electrons. The van der Waals surface area contributed by atoms with Crippen molar-refractivity contribution < 1.29 is 19.0 Å². The summed E-state index contributed by atoms with van der Waals surface area (Å²) >= 11 is 0. The number of hydrogen-bond donors (Lipinski definition) is 1. The van der Waals surface area contributed by atoms with E-state index < -0.39 is 28.9 Å². The largest absolute Gasteiger partial charge is 0.497 e. The van der Waals surface area contributed by atoms with Crippen molar-refractivity contribution in [2.75, 3.05) is 27.3 Å². The van der Waals surface area contributed by atoms with Crippen LogP contribution in [-0.2, 0) is 4.74 Å². The lowest BCUT2D eigenvalue weighted by molar-refractivity contribution is 0.0224. The van der Waals surface area contributed by atoms with Crippen molar-refractivity contribution in [1.29, 1.82) is 15.8 Å². The van der Waals surface area contributed by atoms with Gasteiger partial charge in [0.05, 0.1) is 37.6 Å². The third-order valence-corrected chi connectivity index (χ3v) is 6.09. The van der Waals surface area contributed by atoms with E-state index in [0.717, 1.165) is 0 Å². The number of nitrogens with zero attached hydrogens (tertiary/aromatic N) is 4. The van der Waals surface area contributed by atoms with E-state index in [9.17, 15) is 20.6 Å². The Kier molecular flexibility index (Phi) is 6.48. The van der Waals surface area contributed by atoms with Crippen LogP contribution in [0.15, 0.2) is 41.1 Å². The maximum absolute atomic E-state index is 12.9. The molecule has 2 aliphatic rings. The molecule has 34 heavy (non-hydrogen) atoms. The Labute approximate surface area is 199 Å². The molecular formula is C25H27N5O4. The van der Waals surface area contributed by atoms with E-state index in [1.54, 1.807) is 45.0 Å². The van der Waals surface area contributed by atoms with Crippen LogP contribution in [0.3, 0.4) is 0 Å². The Hall–Kier alpha value is -4.16. The number of carbonyl (C=O) groups excluding carboxylic acids is 1. The second-order valence-corrected chi connectivity index (χ2v) is 9.17. The lowest BCUT2D eigenvalue weighted by atomic mass is 9.58. The molecule has 0 bridgehead atoms. The zero-order valence-electron chi connectivity index (χ0n) is 19.9. The lowest BCUT2D eigenvalue weighted by Gasteiger charge is -2.45. The number of fused-ring (bicyclic) bond motifs is 1. The molecule has 0 spiro atoms. The molecule has 1 heterocycles. The van der Waals surface area contributed by atoms with Crippen molar-refractivity contribution in [2.45, 2.75) is 32.3 Å². The number of ether oxygens (including phenoxy) is 3. The van der Waals surface area contributed by atoms with E-state index in [-0.39, 0.29) is 24.4 Å². The number of hydrogen-bond acceptors (Lipinski definition) is 8. The molecule has 3 rings (SSSR count). The number of nitriles is 3. The molecule has 1 amide bonds. The van der Waals surface area contributed by atoms with Crippen LogP contribution in [0.4, 0.5) is 4.79 Å². The van der Waals surface area contributed by atoms with Crippen LogP contribution in [0.2, 0.25) is 0 Å². The number of amides is 1. The number of rotatable bonds is 3. The zero-order valence-corrected chi connectivity index (χ0v) is 19.9. The Morgan fingerprint density at radius 2 is 1.85 bits per heavy atom. The van der Waals surface area contributed by atoms with E-state index in [1.807, 2.05) is 0 Å². The number of benzene rings is 1. The molecule has 2 N–H and O–H groups in total. The summed E-state index contributed by atoms with van der Waals surface area (Å²) < 4.78 is 16.5. The molecule has 0 saturated carbocycles. The highest BCUT2D eigenvalue weighted by molar-refractivity contribution is 5.70. The van der Waals surface area contributed by atoms with Crippen LogP contribution in [0.1, 0.15) is 32.3 Å². The van der Waals surface area contributed by atoms with Crippen LogP contribution in [0, 0.1) is 45.3 Å². The van der Waals surface area contributed by atoms with Crippen LogP contribution in [0.5, 0.6) is 11.5 Å². The third kappa shape index (κ3) is 4.00. The summed E-state index contributed by atoms with van der Waals surface area (Å²) in [5.74, 6) is -0.508. The first-order chi connectivity index (χ1) is 16.1. The van der Waals surface area contributed by atoms with Crippen molar-refractivity contribution in [3.05, 3.63) is 46.7 Å². The van der Waals surface area contributed by atoms with Gasteiger partial charge in [0.25, 0.3) is 0 Å². The molecule has 0 unspecified atom stereocenters. The molecule has 9 heteroatoms. The normalized spacial score (nSPS) is 21.2. The number of nitrogens with two attached hydrogens (primary N) is 1. The Morgan fingerprint density at radius 3 is 2.38 bits per heavy atom. The van der Waals surface area contributed by atoms with Gasteiger partial charge < -0.3 is 24.8 Å². The fourth-order valence-corrected chi connectivity index (χ4v) is 4.58. The summed E-state index contributed by atoms with van der Waals surface area (Å²) in [5, 5.41) is 30.4. The van der Waals surface area contributed by atoms with Crippen LogP contribution >= 0.6 is 0 Å². The monoisotopic (exact) mass is 461 g/mol. The van der Waals surface area contributed by atoms with Crippen LogP contribution in [0.25, 0.3) is 0 Å². The molecule has 1 aliphatic carbocycles. The van der Waals surface area contributed by atoms with Crippen molar-refractivity contribution >= 4 is 6.09 Å². The van der Waals surface area contributed by atoms with E-state index >= 15 is 0 Å². The minimum Gasteiger partial charge on any atom is -0.497 e. The van der Waals surface area contributed by atoms with Crippen LogP contribution in [-0.4, -0.2) is 43.9 Å². The van der Waals surface area contributed by atoms with Gasteiger partial charge in [0.15, 0.2) is 5.41 Å². The molecule has 1 aromatic carbocycles. The minimum atomic E-state index is -1.87. The van der Waals surface area contributed by atoms with Gasteiger partial charge in [-0.15, -0.1) is 0 Å². The smallest absolute Gasteiger partial charge is 0.410 e. The maximum Gasteiger partial charge on any atom is 0.410 e. The summed E-state index contributed by atoms with van der Waals surface area (Å²) in [5.41, 5.74) is 4.88. The molecule has 9 nitrogen and oxygen atoms in total. The fraction of sp³-hybridized carbons (Fsp3) is 0.440. The summed E-state index contributed by atoms with van der Waals surface area (Å²) in [6, 6.07) is 11.3. The van der Waals surface area contributed by atoms with Gasteiger partial charge in [-0.05, 0) is 44.5 Å². The Balaban J connectivity index is 2.27. The molecule has 0 saturated heterocycles. The maximum atomic E-state index is 12.9. The van der Waals surface area contributed by atoms with Gasteiger partial charge in [-0.1, -0.05) is 6.08 Å². The minimum absolute atomic E-state index is 0.0926. The molecule has 0 aromatic heterocycles. The van der Waals surface area contributed by atoms with Gasteiger partial charge in [-0.25, -0.2) is 4.79 Å². The highest BCUT2D eigenvalue weighted by Gasteiger charge is 2.55. The first kappa shape index (κ1) is 24.5. The van der Waals surface area contributed by atoms with Gasteiger partial charge in [0.1, 0.15) is 23.2 Å². The Morgan fingerprint density at radius 1 is 1.18 bits per heavy atom. The highest BCUT2D eigenvalue weighted by atomic mass is 16.6. The Bertz CT molecular complexity index is 1180. The SMILES string of the molecule is COc1ccc(OC)c([C@H]2[C@H]3CN(C(=O)OC(C)(C)C)CC=C3C(C#N)=C(N)C2(C#N)C#N)c1. The lowest BCUT2D eigenvalue weighted by Crippen LogP contribution is -2.50. The quantitative estimate of drug-likeness (QED) is 0.721. The third-order valence-electron chi connectivity index (χ3n) is 6.09. The van der Waals surface area contributed by atoms with Crippen molar-refractivity contribution in [2.24, 2.45) is 17.1 Å². The van der Waals surface area contributed by atoms with E-state index in [2.05, 4.69) is 18.2 Å². The molecule has 0 fully saturated rings. The molecule has 0 radical (unpaired) electrons. The molecule has 1 aromatic rings. The van der Waals surface area contributed by atoms with Gasteiger partial charge in [-0.2, -0.15) is 15.8 Å².